The smallest absolute Gasteiger partial charge is 0.312 e. The Morgan fingerprint density at radius 1 is 1.31 bits per heavy atom. The molecule has 86 valence electrons. The second-order valence-corrected chi connectivity index (χ2v) is 3.74. The van der Waals surface area contributed by atoms with E-state index in [1.54, 1.807) is 4.90 Å². The van der Waals surface area contributed by atoms with E-state index in [0.717, 1.165) is 6.07 Å². The first kappa shape index (κ1) is 10.7. The van der Waals surface area contributed by atoms with Crippen molar-refractivity contribution in [2.75, 3.05) is 18.0 Å². The number of amides is 2. The molecule has 3 N–H and O–H groups in total. The fourth-order valence-corrected chi connectivity index (χ4v) is 1.70. The van der Waals surface area contributed by atoms with Crippen LogP contribution in [0.25, 0.3) is 0 Å². The van der Waals surface area contributed by atoms with Gasteiger partial charge in [0, 0.05) is 24.8 Å². The average Bonchev–Trinajstić information content (AvgIpc) is 2.08. The molecular formula is C10H11F2N3O. The zero-order valence-corrected chi connectivity index (χ0v) is 8.41. The molecule has 0 atom stereocenters. The lowest BCUT2D eigenvalue weighted by molar-refractivity contribution is 0.242. The summed E-state index contributed by atoms with van der Waals surface area (Å²) in [6, 6.07) is 2.69. The largest absolute Gasteiger partial charge is 0.367 e. The molecule has 1 aliphatic heterocycles. The summed E-state index contributed by atoms with van der Waals surface area (Å²) in [7, 11) is 0. The van der Waals surface area contributed by atoms with Crippen molar-refractivity contribution >= 4 is 11.7 Å². The third kappa shape index (κ3) is 2.21. The first-order chi connectivity index (χ1) is 7.54. The minimum Gasteiger partial charge on any atom is -0.367 e. The van der Waals surface area contributed by atoms with Gasteiger partial charge in [0.05, 0.1) is 6.04 Å². The van der Waals surface area contributed by atoms with Crippen LogP contribution in [0.1, 0.15) is 0 Å². The topological polar surface area (TPSA) is 58.4 Å². The highest BCUT2D eigenvalue weighted by Crippen LogP contribution is 2.22. The monoisotopic (exact) mass is 227 g/mol. The van der Waals surface area contributed by atoms with Gasteiger partial charge in [0.15, 0.2) is 0 Å². The van der Waals surface area contributed by atoms with E-state index in [1.807, 2.05) is 0 Å². The van der Waals surface area contributed by atoms with Gasteiger partial charge < -0.3 is 16.0 Å². The standard InChI is InChI=1S/C10H11F2N3O/c11-6-1-7(12)3-9(2-6)15-4-8(5-15)14-10(13)16/h1-3,8H,4-5H2,(H3,13,14,16). The number of anilines is 1. The van der Waals surface area contributed by atoms with E-state index in [1.165, 1.54) is 12.1 Å². The van der Waals surface area contributed by atoms with E-state index in [2.05, 4.69) is 5.32 Å². The molecule has 0 aliphatic carbocycles. The van der Waals surface area contributed by atoms with Crippen molar-refractivity contribution in [3.63, 3.8) is 0 Å². The van der Waals surface area contributed by atoms with Gasteiger partial charge >= 0.3 is 6.03 Å². The van der Waals surface area contributed by atoms with Gasteiger partial charge in [0.1, 0.15) is 11.6 Å². The molecule has 0 aromatic heterocycles. The summed E-state index contributed by atoms with van der Waals surface area (Å²) in [4.78, 5) is 12.3. The molecule has 0 unspecified atom stereocenters. The average molecular weight is 227 g/mol. The Labute approximate surface area is 91.0 Å². The molecule has 2 amide bonds. The van der Waals surface area contributed by atoms with Crippen LogP contribution in [-0.2, 0) is 0 Å². The van der Waals surface area contributed by atoms with Crippen LogP contribution >= 0.6 is 0 Å². The molecule has 1 heterocycles. The molecule has 1 aromatic rings. The van der Waals surface area contributed by atoms with Gasteiger partial charge in [-0.2, -0.15) is 0 Å². The molecule has 1 saturated heterocycles. The molecule has 1 aromatic carbocycles. The van der Waals surface area contributed by atoms with Gasteiger partial charge in [0.2, 0.25) is 0 Å². The minimum atomic E-state index is -0.610. The van der Waals surface area contributed by atoms with Crippen LogP contribution in [0.5, 0.6) is 0 Å². The predicted octanol–water partition coefficient (Wildman–Crippen LogP) is 0.822. The predicted molar refractivity (Wildman–Crippen MR) is 55.1 cm³/mol. The highest BCUT2D eigenvalue weighted by molar-refractivity contribution is 5.72. The maximum absolute atomic E-state index is 12.9. The normalized spacial score (nSPS) is 15.8. The van der Waals surface area contributed by atoms with Crippen molar-refractivity contribution < 1.29 is 13.6 Å². The fourth-order valence-electron chi connectivity index (χ4n) is 1.70. The van der Waals surface area contributed by atoms with Crippen LogP contribution in [-0.4, -0.2) is 25.2 Å². The van der Waals surface area contributed by atoms with Crippen molar-refractivity contribution in [2.45, 2.75) is 6.04 Å². The van der Waals surface area contributed by atoms with Gasteiger partial charge in [-0.15, -0.1) is 0 Å². The first-order valence-electron chi connectivity index (χ1n) is 4.81. The van der Waals surface area contributed by atoms with E-state index >= 15 is 0 Å². The van der Waals surface area contributed by atoms with Gasteiger partial charge in [-0.05, 0) is 12.1 Å². The molecule has 0 radical (unpaired) electrons. The van der Waals surface area contributed by atoms with Gasteiger partial charge in [-0.3, -0.25) is 0 Å². The fraction of sp³-hybridized carbons (Fsp3) is 0.300. The number of halogens is 2. The number of hydrogen-bond donors (Lipinski definition) is 2. The van der Waals surface area contributed by atoms with Crippen molar-refractivity contribution in [1.82, 2.24) is 5.32 Å². The van der Waals surface area contributed by atoms with Crippen LogP contribution in [0.4, 0.5) is 19.3 Å². The lowest BCUT2D eigenvalue weighted by Gasteiger charge is -2.40. The Bertz CT molecular complexity index is 398. The highest BCUT2D eigenvalue weighted by Gasteiger charge is 2.28. The number of hydrogen-bond acceptors (Lipinski definition) is 2. The number of rotatable bonds is 2. The summed E-state index contributed by atoms with van der Waals surface area (Å²) in [5, 5.41) is 2.52. The number of primary amides is 1. The Morgan fingerprint density at radius 3 is 2.38 bits per heavy atom. The maximum atomic E-state index is 12.9. The third-order valence-electron chi connectivity index (χ3n) is 2.44. The van der Waals surface area contributed by atoms with Crippen molar-refractivity contribution in [1.29, 1.82) is 0 Å². The Balaban J connectivity index is 1.98. The molecule has 1 aliphatic rings. The molecular weight excluding hydrogens is 216 g/mol. The number of carbonyl (C=O) groups is 1. The van der Waals surface area contributed by atoms with Crippen molar-refractivity contribution in [2.24, 2.45) is 5.73 Å². The number of nitrogens with one attached hydrogen (secondary N) is 1. The summed E-state index contributed by atoms with van der Waals surface area (Å²) in [5.74, 6) is -1.22. The Hall–Kier alpha value is -1.85. The number of carbonyl (C=O) groups excluding carboxylic acids is 1. The SMILES string of the molecule is NC(=O)NC1CN(c2cc(F)cc(F)c2)C1. The number of nitrogens with zero attached hydrogens (tertiary/aromatic N) is 1. The number of urea groups is 1. The van der Waals surface area contributed by atoms with E-state index in [4.69, 9.17) is 5.73 Å². The Morgan fingerprint density at radius 2 is 1.88 bits per heavy atom. The maximum Gasteiger partial charge on any atom is 0.312 e. The number of nitrogens with two attached hydrogens (primary N) is 1. The quantitative estimate of drug-likeness (QED) is 0.785. The molecule has 16 heavy (non-hydrogen) atoms. The van der Waals surface area contributed by atoms with Crippen LogP contribution < -0.4 is 16.0 Å². The van der Waals surface area contributed by atoms with Crippen molar-refractivity contribution in [3.8, 4) is 0 Å². The second-order valence-electron chi connectivity index (χ2n) is 3.74. The molecule has 0 saturated carbocycles. The lowest BCUT2D eigenvalue weighted by atomic mass is 10.1. The summed E-state index contributed by atoms with van der Waals surface area (Å²) in [6.07, 6.45) is 0. The van der Waals surface area contributed by atoms with E-state index in [9.17, 15) is 13.6 Å². The van der Waals surface area contributed by atoms with Gasteiger partial charge in [-0.25, -0.2) is 13.6 Å². The summed E-state index contributed by atoms with van der Waals surface area (Å²) in [5.41, 5.74) is 5.42. The zero-order valence-electron chi connectivity index (χ0n) is 8.41. The minimum absolute atomic E-state index is 0.0520. The van der Waals surface area contributed by atoms with Crippen LogP contribution in [0.3, 0.4) is 0 Å². The summed E-state index contributed by atoms with van der Waals surface area (Å²) < 4.78 is 25.8. The van der Waals surface area contributed by atoms with E-state index in [-0.39, 0.29) is 6.04 Å². The third-order valence-corrected chi connectivity index (χ3v) is 2.44. The second kappa shape index (κ2) is 3.96. The van der Waals surface area contributed by atoms with Crippen LogP contribution in [0.15, 0.2) is 18.2 Å². The van der Waals surface area contributed by atoms with E-state index < -0.39 is 17.7 Å². The molecule has 6 heteroatoms. The van der Waals surface area contributed by atoms with Gasteiger partial charge in [0.25, 0.3) is 0 Å². The lowest BCUT2D eigenvalue weighted by Crippen LogP contribution is -2.60. The summed E-state index contributed by atoms with van der Waals surface area (Å²) in [6.45, 7) is 1.01. The van der Waals surface area contributed by atoms with Crippen LogP contribution in [0, 0.1) is 11.6 Å². The highest BCUT2D eigenvalue weighted by atomic mass is 19.1. The Kier molecular flexibility index (Phi) is 2.64. The van der Waals surface area contributed by atoms with E-state index in [0.29, 0.717) is 18.8 Å². The van der Waals surface area contributed by atoms with Gasteiger partial charge in [-0.1, -0.05) is 0 Å². The molecule has 0 bridgehead atoms. The molecule has 1 fully saturated rings. The zero-order chi connectivity index (χ0) is 11.7. The van der Waals surface area contributed by atoms with Crippen molar-refractivity contribution in [3.05, 3.63) is 29.8 Å². The number of benzene rings is 1. The molecule has 4 nitrogen and oxygen atoms in total. The molecule has 0 spiro atoms. The van der Waals surface area contributed by atoms with Crippen LogP contribution in [0.2, 0.25) is 0 Å². The molecule has 2 rings (SSSR count). The first-order valence-corrected chi connectivity index (χ1v) is 4.81. The summed E-state index contributed by atoms with van der Waals surface area (Å²) >= 11 is 0.